The van der Waals surface area contributed by atoms with Gasteiger partial charge in [-0.2, -0.15) is 0 Å². The first-order chi connectivity index (χ1) is 6.78. The Bertz CT molecular complexity index is 295. The van der Waals surface area contributed by atoms with Crippen molar-refractivity contribution < 1.29 is 0 Å². The summed E-state index contributed by atoms with van der Waals surface area (Å²) in [6.07, 6.45) is 8.71. The van der Waals surface area contributed by atoms with Gasteiger partial charge in [-0.1, -0.05) is 19.3 Å². The minimum atomic E-state index is 0.274. The summed E-state index contributed by atoms with van der Waals surface area (Å²) in [4.78, 5) is 0. The summed E-state index contributed by atoms with van der Waals surface area (Å²) in [5, 5.41) is 0. The first-order valence-electron chi connectivity index (χ1n) is 5.60. The topological polar surface area (TPSA) is 30.9 Å². The molecule has 1 fully saturated rings. The Kier molecular flexibility index (Phi) is 2.64. The molecule has 1 aromatic heterocycles. The van der Waals surface area contributed by atoms with Crippen molar-refractivity contribution in [2.24, 2.45) is 12.8 Å². The Morgan fingerprint density at radius 2 is 2.07 bits per heavy atom. The van der Waals surface area contributed by atoms with Crippen molar-refractivity contribution in [3.8, 4) is 0 Å². The maximum atomic E-state index is 5.98. The van der Waals surface area contributed by atoms with Crippen LogP contribution in [0.1, 0.15) is 37.8 Å². The highest BCUT2D eigenvalue weighted by Gasteiger charge is 2.33. The summed E-state index contributed by atoms with van der Waals surface area (Å²) in [7, 11) is 2.13. The second-order valence-corrected chi connectivity index (χ2v) is 4.55. The van der Waals surface area contributed by atoms with Crippen LogP contribution in [0, 0.1) is 0 Å². The average Bonchev–Trinajstić information content (AvgIpc) is 2.66. The minimum absolute atomic E-state index is 0.274. The molecule has 0 saturated heterocycles. The lowest BCUT2D eigenvalue weighted by Crippen LogP contribution is -2.38. The van der Waals surface area contributed by atoms with E-state index in [9.17, 15) is 0 Å². The van der Waals surface area contributed by atoms with Crippen molar-refractivity contribution in [2.45, 2.75) is 37.5 Å². The zero-order chi connectivity index (χ0) is 10.0. The van der Waals surface area contributed by atoms with Gasteiger partial charge in [0, 0.05) is 30.9 Å². The second-order valence-electron chi connectivity index (χ2n) is 4.55. The van der Waals surface area contributed by atoms with E-state index in [1.54, 1.807) is 0 Å². The van der Waals surface area contributed by atoms with E-state index in [0.717, 1.165) is 6.54 Å². The van der Waals surface area contributed by atoms with E-state index in [1.165, 1.54) is 37.8 Å². The van der Waals surface area contributed by atoms with Gasteiger partial charge < -0.3 is 10.3 Å². The highest BCUT2D eigenvalue weighted by atomic mass is 14.9. The number of rotatable bonds is 2. The maximum Gasteiger partial charge on any atom is 0.0246 e. The summed E-state index contributed by atoms with van der Waals surface area (Å²) in [6, 6.07) is 4.36. The van der Waals surface area contributed by atoms with Crippen molar-refractivity contribution in [2.75, 3.05) is 6.54 Å². The average molecular weight is 192 g/mol. The van der Waals surface area contributed by atoms with E-state index < -0.39 is 0 Å². The Hall–Kier alpha value is -0.760. The highest BCUT2D eigenvalue weighted by molar-refractivity contribution is 5.21. The molecule has 1 aliphatic rings. The van der Waals surface area contributed by atoms with Crippen LogP contribution in [0.5, 0.6) is 0 Å². The normalized spacial score (nSPS) is 21.0. The van der Waals surface area contributed by atoms with E-state index in [-0.39, 0.29) is 5.41 Å². The molecule has 0 spiro atoms. The summed E-state index contributed by atoms with van der Waals surface area (Å²) in [6.45, 7) is 0.796. The molecule has 0 amide bonds. The van der Waals surface area contributed by atoms with Crippen LogP contribution in [0.25, 0.3) is 0 Å². The summed E-state index contributed by atoms with van der Waals surface area (Å²) >= 11 is 0. The van der Waals surface area contributed by atoms with Crippen molar-refractivity contribution in [3.63, 3.8) is 0 Å². The van der Waals surface area contributed by atoms with Crippen LogP contribution < -0.4 is 5.73 Å². The Balaban J connectivity index is 2.31. The fourth-order valence-corrected chi connectivity index (χ4v) is 2.81. The van der Waals surface area contributed by atoms with Crippen LogP contribution in [0.4, 0.5) is 0 Å². The Labute approximate surface area is 86.1 Å². The van der Waals surface area contributed by atoms with E-state index in [2.05, 4.69) is 29.9 Å². The number of nitrogens with zero attached hydrogens (tertiary/aromatic N) is 1. The molecule has 2 heteroatoms. The molecule has 1 aromatic rings. The Morgan fingerprint density at radius 1 is 1.36 bits per heavy atom. The van der Waals surface area contributed by atoms with E-state index in [4.69, 9.17) is 5.73 Å². The number of nitrogens with two attached hydrogens (primary N) is 1. The van der Waals surface area contributed by atoms with Gasteiger partial charge in [0.05, 0.1) is 0 Å². The molecule has 2 nitrogen and oxygen atoms in total. The third-order valence-corrected chi connectivity index (χ3v) is 3.69. The lowest BCUT2D eigenvalue weighted by molar-refractivity contribution is 0.287. The van der Waals surface area contributed by atoms with E-state index in [0.29, 0.717) is 0 Å². The molecule has 0 bridgehead atoms. The van der Waals surface area contributed by atoms with E-state index in [1.807, 2.05) is 0 Å². The summed E-state index contributed by atoms with van der Waals surface area (Å²) in [5.41, 5.74) is 7.69. The molecule has 1 saturated carbocycles. The first-order valence-corrected chi connectivity index (χ1v) is 5.60. The van der Waals surface area contributed by atoms with Crippen LogP contribution in [0.2, 0.25) is 0 Å². The third kappa shape index (κ3) is 1.48. The zero-order valence-electron chi connectivity index (χ0n) is 9.00. The largest absolute Gasteiger partial charge is 0.354 e. The van der Waals surface area contributed by atoms with Crippen LogP contribution in [-0.4, -0.2) is 11.1 Å². The highest BCUT2D eigenvalue weighted by Crippen LogP contribution is 2.38. The van der Waals surface area contributed by atoms with Gasteiger partial charge in [-0.05, 0) is 25.0 Å². The van der Waals surface area contributed by atoms with Gasteiger partial charge in [-0.3, -0.25) is 0 Å². The van der Waals surface area contributed by atoms with Crippen molar-refractivity contribution in [1.82, 2.24) is 4.57 Å². The van der Waals surface area contributed by atoms with Crippen LogP contribution >= 0.6 is 0 Å². The minimum Gasteiger partial charge on any atom is -0.354 e. The van der Waals surface area contributed by atoms with Crippen LogP contribution in [0.3, 0.4) is 0 Å². The van der Waals surface area contributed by atoms with Crippen molar-refractivity contribution in [3.05, 3.63) is 24.0 Å². The molecule has 0 aliphatic heterocycles. The molecule has 78 valence electrons. The zero-order valence-corrected chi connectivity index (χ0v) is 9.00. The maximum absolute atomic E-state index is 5.98. The summed E-state index contributed by atoms with van der Waals surface area (Å²) < 4.78 is 2.23. The molecule has 2 N–H and O–H groups in total. The number of aromatic nitrogens is 1. The molecule has 14 heavy (non-hydrogen) atoms. The standard InChI is InChI=1S/C12H20N2/c1-14-9-5-6-11(14)12(10-13)7-3-2-4-8-12/h5-6,9H,2-4,7-8,10,13H2,1H3. The lowest BCUT2D eigenvalue weighted by Gasteiger charge is -2.36. The van der Waals surface area contributed by atoms with Crippen molar-refractivity contribution in [1.29, 1.82) is 0 Å². The molecule has 0 aromatic carbocycles. The quantitative estimate of drug-likeness (QED) is 0.765. The molecular weight excluding hydrogens is 172 g/mol. The third-order valence-electron chi connectivity index (χ3n) is 3.69. The van der Waals surface area contributed by atoms with Gasteiger partial charge in [0.2, 0.25) is 0 Å². The molecule has 0 unspecified atom stereocenters. The smallest absolute Gasteiger partial charge is 0.0246 e. The van der Waals surface area contributed by atoms with E-state index >= 15 is 0 Å². The fraction of sp³-hybridized carbons (Fsp3) is 0.667. The SMILES string of the molecule is Cn1cccc1C1(CN)CCCCC1. The van der Waals surface area contributed by atoms with Gasteiger partial charge >= 0.3 is 0 Å². The van der Waals surface area contributed by atoms with Gasteiger partial charge in [-0.15, -0.1) is 0 Å². The molecule has 0 radical (unpaired) electrons. The monoisotopic (exact) mass is 192 g/mol. The molecular formula is C12H20N2. The lowest BCUT2D eigenvalue weighted by atomic mass is 9.72. The molecule has 0 atom stereocenters. The molecule has 1 aliphatic carbocycles. The fourth-order valence-electron chi connectivity index (χ4n) is 2.81. The first kappa shape index (κ1) is 9.78. The van der Waals surface area contributed by atoms with Crippen LogP contribution in [-0.2, 0) is 12.5 Å². The summed E-state index contributed by atoms with van der Waals surface area (Å²) in [5.74, 6) is 0. The number of hydrogen-bond acceptors (Lipinski definition) is 1. The number of aryl methyl sites for hydroxylation is 1. The van der Waals surface area contributed by atoms with Crippen LogP contribution in [0.15, 0.2) is 18.3 Å². The van der Waals surface area contributed by atoms with Crippen molar-refractivity contribution >= 4 is 0 Å². The molecule has 2 rings (SSSR count). The Morgan fingerprint density at radius 3 is 2.57 bits per heavy atom. The van der Waals surface area contributed by atoms with Gasteiger partial charge in [-0.25, -0.2) is 0 Å². The predicted octanol–water partition coefficient (Wildman–Crippen LogP) is 2.19. The predicted molar refractivity (Wildman–Crippen MR) is 59.2 cm³/mol. The number of hydrogen-bond donors (Lipinski definition) is 1. The van der Waals surface area contributed by atoms with Gasteiger partial charge in [0.25, 0.3) is 0 Å². The molecule has 1 heterocycles. The van der Waals surface area contributed by atoms with Gasteiger partial charge in [0.1, 0.15) is 0 Å². The van der Waals surface area contributed by atoms with Gasteiger partial charge in [0.15, 0.2) is 0 Å². The second kappa shape index (κ2) is 3.77.